The molecule has 0 saturated heterocycles. The number of imidazole rings is 1. The summed E-state index contributed by atoms with van der Waals surface area (Å²) in [4.78, 5) is 4.94. The highest BCUT2D eigenvalue weighted by Gasteiger charge is 2.12. The number of aryl methyl sites for hydroxylation is 4. The number of nitrogens with zero attached hydrogens (tertiary/aromatic N) is 2. The van der Waals surface area contributed by atoms with E-state index in [9.17, 15) is 0 Å². The number of hydrogen-bond acceptors (Lipinski definition) is 1. The molecule has 0 spiro atoms. The van der Waals surface area contributed by atoms with Crippen molar-refractivity contribution in [2.45, 2.75) is 33.2 Å². The summed E-state index contributed by atoms with van der Waals surface area (Å²) in [6.07, 6.45) is 2.18. The molecule has 1 heterocycles. The Bertz CT molecular complexity index is 1010. The maximum absolute atomic E-state index is 4.94. The summed E-state index contributed by atoms with van der Waals surface area (Å²) in [6, 6.07) is 25.9. The summed E-state index contributed by atoms with van der Waals surface area (Å²) in [7, 11) is 0. The minimum Gasteiger partial charge on any atom is -0.324 e. The highest BCUT2D eigenvalue weighted by Crippen LogP contribution is 2.26. The molecule has 0 aliphatic heterocycles. The fraction of sp³-hybridized carbons (Fsp3) is 0.208. The maximum atomic E-state index is 4.94. The largest absolute Gasteiger partial charge is 0.324 e. The molecule has 1 aromatic heterocycles. The van der Waals surface area contributed by atoms with Crippen molar-refractivity contribution in [2.24, 2.45) is 0 Å². The number of rotatable bonds is 5. The van der Waals surface area contributed by atoms with Crippen LogP contribution in [0.4, 0.5) is 0 Å². The molecule has 26 heavy (non-hydrogen) atoms. The summed E-state index contributed by atoms with van der Waals surface area (Å²) < 4.78 is 2.38. The number of hydrogen-bond donors (Lipinski definition) is 0. The molecular weight excluding hydrogens is 316 g/mol. The van der Waals surface area contributed by atoms with Gasteiger partial charge in [0.25, 0.3) is 0 Å². The number of aromatic nitrogens is 2. The van der Waals surface area contributed by atoms with Crippen LogP contribution in [-0.4, -0.2) is 9.55 Å². The van der Waals surface area contributed by atoms with E-state index in [1.165, 1.54) is 27.8 Å². The van der Waals surface area contributed by atoms with Gasteiger partial charge < -0.3 is 4.57 Å². The van der Waals surface area contributed by atoms with Gasteiger partial charge in [-0.15, -0.1) is 0 Å². The van der Waals surface area contributed by atoms with Crippen LogP contribution < -0.4 is 0 Å². The minimum atomic E-state index is 0.970. The smallest absolute Gasteiger partial charge is 0.141 e. The van der Waals surface area contributed by atoms with Gasteiger partial charge in [-0.05, 0) is 49.9 Å². The molecule has 0 radical (unpaired) electrons. The number of fused-ring (bicyclic) bond motifs is 1. The lowest BCUT2D eigenvalue weighted by Crippen LogP contribution is -2.02. The summed E-state index contributed by atoms with van der Waals surface area (Å²) in [5, 5.41) is 0. The number of benzene rings is 3. The Morgan fingerprint density at radius 3 is 2.31 bits per heavy atom. The Morgan fingerprint density at radius 1 is 0.808 bits per heavy atom. The van der Waals surface area contributed by atoms with Crippen LogP contribution in [0.15, 0.2) is 72.8 Å². The van der Waals surface area contributed by atoms with Crippen molar-refractivity contribution in [3.8, 4) is 11.4 Å². The van der Waals surface area contributed by atoms with Crippen LogP contribution in [0, 0.1) is 13.8 Å². The molecule has 0 fully saturated rings. The Morgan fingerprint density at radius 2 is 1.54 bits per heavy atom. The van der Waals surface area contributed by atoms with Gasteiger partial charge in [0.1, 0.15) is 5.82 Å². The van der Waals surface area contributed by atoms with Gasteiger partial charge >= 0.3 is 0 Å². The van der Waals surface area contributed by atoms with Gasteiger partial charge in [0.2, 0.25) is 0 Å². The molecule has 2 nitrogen and oxygen atoms in total. The molecular formula is C24H24N2. The molecule has 130 valence electrons. The predicted molar refractivity (Wildman–Crippen MR) is 109 cm³/mol. The fourth-order valence-electron chi connectivity index (χ4n) is 3.47. The Hall–Kier alpha value is -2.87. The quantitative estimate of drug-likeness (QED) is 0.439. The molecule has 0 N–H and O–H groups in total. The monoisotopic (exact) mass is 340 g/mol. The molecule has 4 aromatic rings. The summed E-state index contributed by atoms with van der Waals surface area (Å²) in [5.41, 5.74) is 7.43. The van der Waals surface area contributed by atoms with E-state index in [1.807, 2.05) is 0 Å². The van der Waals surface area contributed by atoms with Crippen molar-refractivity contribution in [3.05, 3.63) is 89.5 Å². The first kappa shape index (κ1) is 16.6. The molecule has 0 aliphatic carbocycles. The minimum absolute atomic E-state index is 0.970. The second-order valence-electron chi connectivity index (χ2n) is 7.03. The van der Waals surface area contributed by atoms with E-state index in [0.29, 0.717) is 0 Å². The molecule has 0 unspecified atom stereocenters. The summed E-state index contributed by atoms with van der Waals surface area (Å²) in [6.45, 7) is 5.24. The van der Waals surface area contributed by atoms with Crippen LogP contribution in [0.2, 0.25) is 0 Å². The topological polar surface area (TPSA) is 17.8 Å². The Kier molecular flexibility index (Phi) is 4.57. The van der Waals surface area contributed by atoms with E-state index in [2.05, 4.69) is 91.2 Å². The van der Waals surface area contributed by atoms with Crippen LogP contribution >= 0.6 is 0 Å². The van der Waals surface area contributed by atoms with E-state index in [-0.39, 0.29) is 0 Å². The van der Waals surface area contributed by atoms with Crippen LogP contribution in [-0.2, 0) is 13.0 Å². The molecule has 0 amide bonds. The molecule has 2 heteroatoms. The van der Waals surface area contributed by atoms with Gasteiger partial charge in [0.05, 0.1) is 11.0 Å². The third kappa shape index (κ3) is 3.41. The fourth-order valence-corrected chi connectivity index (χ4v) is 3.47. The van der Waals surface area contributed by atoms with Crippen LogP contribution in [0.5, 0.6) is 0 Å². The average Bonchev–Trinajstić information content (AvgIpc) is 3.01. The van der Waals surface area contributed by atoms with Crippen molar-refractivity contribution in [3.63, 3.8) is 0 Å². The molecule has 4 rings (SSSR count). The van der Waals surface area contributed by atoms with Gasteiger partial charge in [-0.3, -0.25) is 0 Å². The zero-order chi connectivity index (χ0) is 17.9. The van der Waals surface area contributed by atoms with Gasteiger partial charge in [0, 0.05) is 12.1 Å². The molecule has 0 aliphatic rings. The summed E-state index contributed by atoms with van der Waals surface area (Å²) in [5.74, 6) is 1.07. The Labute approximate surface area is 155 Å². The van der Waals surface area contributed by atoms with E-state index in [1.54, 1.807) is 0 Å². The summed E-state index contributed by atoms with van der Waals surface area (Å²) >= 11 is 0. The molecule has 0 atom stereocenters. The van der Waals surface area contributed by atoms with E-state index in [0.717, 1.165) is 30.7 Å². The molecule has 3 aromatic carbocycles. The first-order valence-electron chi connectivity index (χ1n) is 9.28. The Balaban J connectivity index is 1.69. The van der Waals surface area contributed by atoms with Crippen molar-refractivity contribution < 1.29 is 0 Å². The SMILES string of the molecule is Cc1ccc(-c2nc3ccc(C)cc3n2CCCc2ccccc2)cc1. The highest BCUT2D eigenvalue weighted by atomic mass is 15.1. The van der Waals surface area contributed by atoms with E-state index < -0.39 is 0 Å². The first-order valence-corrected chi connectivity index (χ1v) is 9.28. The van der Waals surface area contributed by atoms with Crippen molar-refractivity contribution in [2.75, 3.05) is 0 Å². The standard InChI is InChI=1S/C24H24N2/c1-18-10-13-21(14-11-18)24-25-22-15-12-19(2)17-23(22)26(24)16-6-9-20-7-4-3-5-8-20/h3-5,7-8,10-15,17H,6,9,16H2,1-2H3. The van der Waals surface area contributed by atoms with Gasteiger partial charge in [-0.1, -0.05) is 66.2 Å². The van der Waals surface area contributed by atoms with Gasteiger partial charge in [-0.2, -0.15) is 0 Å². The van der Waals surface area contributed by atoms with E-state index in [4.69, 9.17) is 4.98 Å². The second-order valence-corrected chi connectivity index (χ2v) is 7.03. The third-order valence-corrected chi connectivity index (χ3v) is 4.90. The van der Waals surface area contributed by atoms with Crippen LogP contribution in [0.25, 0.3) is 22.4 Å². The lowest BCUT2D eigenvalue weighted by atomic mass is 10.1. The van der Waals surface area contributed by atoms with Crippen LogP contribution in [0.3, 0.4) is 0 Å². The normalized spacial score (nSPS) is 11.2. The van der Waals surface area contributed by atoms with Gasteiger partial charge in [-0.25, -0.2) is 4.98 Å². The lowest BCUT2D eigenvalue weighted by Gasteiger charge is -2.10. The predicted octanol–water partition coefficient (Wildman–Crippen LogP) is 5.95. The van der Waals surface area contributed by atoms with Crippen molar-refractivity contribution >= 4 is 11.0 Å². The highest BCUT2D eigenvalue weighted by molar-refractivity contribution is 5.81. The maximum Gasteiger partial charge on any atom is 0.141 e. The zero-order valence-electron chi connectivity index (χ0n) is 15.4. The van der Waals surface area contributed by atoms with Crippen molar-refractivity contribution in [1.82, 2.24) is 9.55 Å². The van der Waals surface area contributed by atoms with E-state index >= 15 is 0 Å². The third-order valence-electron chi connectivity index (χ3n) is 4.90. The van der Waals surface area contributed by atoms with Crippen molar-refractivity contribution in [1.29, 1.82) is 0 Å². The second kappa shape index (κ2) is 7.17. The average molecular weight is 340 g/mol. The zero-order valence-corrected chi connectivity index (χ0v) is 15.4. The molecule has 0 saturated carbocycles. The molecule has 0 bridgehead atoms. The van der Waals surface area contributed by atoms with Crippen LogP contribution in [0.1, 0.15) is 23.1 Å². The van der Waals surface area contributed by atoms with Gasteiger partial charge in [0.15, 0.2) is 0 Å². The lowest BCUT2D eigenvalue weighted by molar-refractivity contribution is 0.663. The first-order chi connectivity index (χ1) is 12.7.